The second kappa shape index (κ2) is 55.5. The van der Waals surface area contributed by atoms with E-state index in [9.17, 15) is 29.4 Å². The molecule has 2 aromatic carbocycles. The van der Waals surface area contributed by atoms with E-state index in [2.05, 4.69) is 65.8 Å². The van der Waals surface area contributed by atoms with Crippen LogP contribution in [0.5, 0.6) is 0 Å². The van der Waals surface area contributed by atoms with Gasteiger partial charge in [-0.2, -0.15) is 0 Å². The minimum absolute atomic E-state index is 0. The van der Waals surface area contributed by atoms with Gasteiger partial charge in [-0.1, -0.05) is 244 Å². The number of ether oxygens (including phenoxy) is 2. The predicted octanol–water partition coefficient (Wildman–Crippen LogP) is 15.3. The first-order valence-electron chi connectivity index (χ1n) is 27.0. The minimum atomic E-state index is -1.37. The molecule has 0 aliphatic carbocycles. The molecule has 0 fully saturated rings. The van der Waals surface area contributed by atoms with Gasteiger partial charge in [0, 0.05) is 11.1 Å². The van der Waals surface area contributed by atoms with Gasteiger partial charge in [-0.15, -0.1) is 0 Å². The first-order chi connectivity index (χ1) is 33.2. The fourth-order valence-corrected chi connectivity index (χ4v) is 7.01. The molecule has 0 N–H and O–H groups in total. The summed E-state index contributed by atoms with van der Waals surface area (Å²) in [7, 11) is 0. The summed E-state index contributed by atoms with van der Waals surface area (Å²) in [5, 5.41) is 22.0. The van der Waals surface area contributed by atoms with Crippen LogP contribution in [0.3, 0.4) is 0 Å². The number of carbonyl (C=O) groups excluding carboxylic acids is 4. The Morgan fingerprint density at radius 1 is 0.391 bits per heavy atom. The SMILES string of the molecule is CCCCCCCC/C=C/CCCCOC(=O)c1ccccc1C(=O)[O-].CCCCCCCC/C=C/CCCCOC(=O)c1ccccc1C(=O)[O-].[CH2]CCCCCCC.[CH2]CCCCCCC.[Sn+2]. The van der Waals surface area contributed by atoms with Crippen molar-refractivity contribution < 1.29 is 38.9 Å². The van der Waals surface area contributed by atoms with Crippen LogP contribution in [-0.4, -0.2) is 61.0 Å². The van der Waals surface area contributed by atoms with E-state index in [1.165, 1.54) is 166 Å². The Balaban J connectivity index is -0.000000950. The molecule has 0 aliphatic heterocycles. The summed E-state index contributed by atoms with van der Waals surface area (Å²) in [6.45, 7) is 17.1. The number of carbonyl (C=O) groups is 4. The van der Waals surface area contributed by atoms with Crippen LogP contribution in [0.25, 0.3) is 0 Å². The second-order valence-corrected chi connectivity index (χ2v) is 17.5. The van der Waals surface area contributed by atoms with E-state index in [1.807, 2.05) is 0 Å². The van der Waals surface area contributed by atoms with Gasteiger partial charge in [0.25, 0.3) is 0 Å². The zero-order chi connectivity index (χ0) is 50.6. The third-order valence-corrected chi connectivity index (χ3v) is 11.2. The fourth-order valence-electron chi connectivity index (χ4n) is 7.01. The minimum Gasteiger partial charge on any atom is -0.545 e. The van der Waals surface area contributed by atoms with E-state index in [0.717, 1.165) is 64.2 Å². The first-order valence-corrected chi connectivity index (χ1v) is 27.0. The number of allylic oxidation sites excluding steroid dienone is 4. The summed E-state index contributed by atoms with van der Waals surface area (Å²) in [5.74, 6) is -3.95. The molecule has 0 bridgehead atoms. The van der Waals surface area contributed by atoms with Crippen molar-refractivity contribution >= 4 is 47.8 Å². The van der Waals surface area contributed by atoms with Crippen molar-refractivity contribution in [2.45, 2.75) is 233 Å². The Labute approximate surface area is 439 Å². The Kier molecular flexibility index (Phi) is 56.2. The molecule has 0 unspecified atom stereocenters. The van der Waals surface area contributed by atoms with Crippen LogP contribution in [0.15, 0.2) is 72.8 Å². The zero-order valence-corrected chi connectivity index (χ0v) is 47.0. The number of hydrogen-bond donors (Lipinski definition) is 0. The van der Waals surface area contributed by atoms with Crippen molar-refractivity contribution in [2.75, 3.05) is 13.2 Å². The summed E-state index contributed by atoms with van der Waals surface area (Å²) in [6.07, 6.45) is 48.3. The number of carboxylic acid groups (broad SMARTS) is 2. The van der Waals surface area contributed by atoms with Gasteiger partial charge in [0.2, 0.25) is 0 Å². The summed E-state index contributed by atoms with van der Waals surface area (Å²) in [6, 6.07) is 11.9. The van der Waals surface area contributed by atoms with Crippen LogP contribution in [0, 0.1) is 13.8 Å². The van der Waals surface area contributed by atoms with Crippen molar-refractivity contribution in [1.82, 2.24) is 0 Å². The van der Waals surface area contributed by atoms with Gasteiger partial charge in [-0.3, -0.25) is 0 Å². The molecule has 0 aliphatic rings. The smallest absolute Gasteiger partial charge is 0.545 e. The maximum absolute atomic E-state index is 11.9. The van der Waals surface area contributed by atoms with E-state index < -0.39 is 23.9 Å². The molecule has 0 saturated heterocycles. The molecular formula is C60H96O8Sn. The van der Waals surface area contributed by atoms with Crippen molar-refractivity contribution in [1.29, 1.82) is 0 Å². The number of rotatable bonds is 38. The second-order valence-electron chi connectivity index (χ2n) is 17.5. The van der Waals surface area contributed by atoms with Gasteiger partial charge in [0.15, 0.2) is 0 Å². The van der Waals surface area contributed by atoms with Gasteiger partial charge < -0.3 is 29.3 Å². The van der Waals surface area contributed by atoms with Gasteiger partial charge in [0.05, 0.1) is 36.3 Å². The summed E-state index contributed by atoms with van der Waals surface area (Å²) >= 11 is 0. The van der Waals surface area contributed by atoms with Gasteiger partial charge >= 0.3 is 35.8 Å². The van der Waals surface area contributed by atoms with E-state index in [1.54, 1.807) is 24.3 Å². The first kappa shape index (κ1) is 69.9. The molecule has 8 nitrogen and oxygen atoms in total. The van der Waals surface area contributed by atoms with E-state index in [-0.39, 0.29) is 46.2 Å². The molecule has 4 radical (unpaired) electrons. The monoisotopic (exact) mass is 1060 g/mol. The van der Waals surface area contributed by atoms with Crippen LogP contribution < -0.4 is 10.2 Å². The molecule has 388 valence electrons. The normalized spacial score (nSPS) is 10.5. The van der Waals surface area contributed by atoms with Crippen LogP contribution in [0.1, 0.15) is 275 Å². The molecular weight excluding hydrogens is 967 g/mol. The topological polar surface area (TPSA) is 133 Å². The summed E-state index contributed by atoms with van der Waals surface area (Å²) in [4.78, 5) is 45.9. The number of unbranched alkanes of at least 4 members (excludes halogenated alkanes) is 26. The summed E-state index contributed by atoms with van der Waals surface area (Å²) < 4.78 is 10.3. The number of carboxylic acids is 2. The number of hydrogen-bond acceptors (Lipinski definition) is 8. The molecule has 69 heavy (non-hydrogen) atoms. The molecule has 0 atom stereocenters. The number of benzene rings is 2. The Morgan fingerprint density at radius 3 is 0.913 bits per heavy atom. The number of aromatic carboxylic acids is 2. The van der Waals surface area contributed by atoms with Gasteiger partial charge in [0.1, 0.15) is 0 Å². The Morgan fingerprint density at radius 2 is 0.638 bits per heavy atom. The molecule has 0 spiro atoms. The maximum Gasteiger partial charge on any atom is 2.00 e. The third-order valence-electron chi connectivity index (χ3n) is 11.2. The molecule has 0 saturated carbocycles. The van der Waals surface area contributed by atoms with Gasteiger partial charge in [-0.25, -0.2) is 9.59 Å². The van der Waals surface area contributed by atoms with Crippen molar-refractivity contribution in [2.24, 2.45) is 0 Å². The van der Waals surface area contributed by atoms with Crippen molar-refractivity contribution in [3.63, 3.8) is 0 Å². The fraction of sp³-hybridized carbons (Fsp3) is 0.633. The standard InChI is InChI=1S/2C22H32O4.2C8H17.Sn/c2*1-2-3-4-5-6-7-8-9-10-11-12-15-18-26-22(25)20-17-14-13-16-19(20)21(23)24;2*1-3-5-7-8-6-4-2;/h2*9-10,13-14,16-17H,2-8,11-12,15,18H2,1H3,(H,23,24);2*1,3-8H2,2H3;/q;;;;+2/p-2/b2*10-9+;;;. The largest absolute Gasteiger partial charge is 2.00 e. The third kappa shape index (κ3) is 45.5. The molecule has 2 aromatic rings. The Hall–Kier alpha value is -3.40. The number of esters is 2. The average molecular weight is 1060 g/mol. The van der Waals surface area contributed by atoms with Crippen LogP contribution in [0.4, 0.5) is 0 Å². The average Bonchev–Trinajstić information content (AvgIpc) is 3.35. The van der Waals surface area contributed by atoms with Crippen LogP contribution >= 0.6 is 0 Å². The molecule has 0 aromatic heterocycles. The van der Waals surface area contributed by atoms with Crippen LogP contribution in [-0.2, 0) is 9.47 Å². The van der Waals surface area contributed by atoms with Crippen molar-refractivity contribution in [3.8, 4) is 0 Å². The summed E-state index contributed by atoms with van der Waals surface area (Å²) in [5.41, 5.74) is -0.164. The van der Waals surface area contributed by atoms with E-state index in [4.69, 9.17) is 9.47 Å². The van der Waals surface area contributed by atoms with Gasteiger partial charge in [-0.05, 0) is 76.3 Å². The van der Waals surface area contributed by atoms with Crippen LogP contribution in [0.2, 0.25) is 0 Å². The van der Waals surface area contributed by atoms with E-state index in [0.29, 0.717) is 13.2 Å². The quantitative estimate of drug-likeness (QED) is 0.0281. The molecule has 0 heterocycles. The Bertz CT molecular complexity index is 1410. The molecule has 2 rings (SSSR count). The molecule has 0 amide bonds. The zero-order valence-electron chi connectivity index (χ0n) is 44.2. The van der Waals surface area contributed by atoms with Crippen molar-refractivity contribution in [3.05, 3.63) is 109 Å². The predicted molar refractivity (Wildman–Crippen MR) is 287 cm³/mol. The maximum atomic E-state index is 11.9. The van der Waals surface area contributed by atoms with E-state index >= 15 is 0 Å². The molecule has 9 heteroatoms.